The summed E-state index contributed by atoms with van der Waals surface area (Å²) in [6.07, 6.45) is 10.1. The number of carbonyl (C=O) groups is 1. The quantitative estimate of drug-likeness (QED) is 0.845. The molecule has 1 atom stereocenters. The van der Waals surface area contributed by atoms with Gasteiger partial charge >= 0.3 is 0 Å². The molecule has 0 aromatic carbocycles. The molecule has 5 nitrogen and oxygen atoms in total. The third-order valence-corrected chi connectivity index (χ3v) is 6.09. The van der Waals surface area contributed by atoms with Gasteiger partial charge in [0.2, 0.25) is 5.91 Å². The smallest absolute Gasteiger partial charge is 0.234 e. The van der Waals surface area contributed by atoms with Crippen LogP contribution in [0.4, 0.5) is 0 Å². The number of amides is 1. The minimum absolute atomic E-state index is 0.243. The lowest BCUT2D eigenvalue weighted by Gasteiger charge is -2.41. The number of rotatable bonds is 4. The van der Waals surface area contributed by atoms with Crippen molar-refractivity contribution in [3.8, 4) is 0 Å². The van der Waals surface area contributed by atoms with Crippen LogP contribution in [-0.4, -0.2) is 85.6 Å². The number of carbonyl (C=O) groups excluding carboxylic acids is 1. The highest BCUT2D eigenvalue weighted by atomic mass is 16.2. The Kier molecular flexibility index (Phi) is 6.93. The fourth-order valence-corrected chi connectivity index (χ4v) is 4.59. The van der Waals surface area contributed by atoms with Crippen molar-refractivity contribution in [3.05, 3.63) is 0 Å². The molecule has 3 aliphatic heterocycles. The van der Waals surface area contributed by atoms with Crippen LogP contribution in [-0.2, 0) is 4.79 Å². The molecule has 5 heteroatoms. The van der Waals surface area contributed by atoms with Gasteiger partial charge in [-0.25, -0.2) is 0 Å². The van der Waals surface area contributed by atoms with Crippen molar-refractivity contribution in [1.29, 1.82) is 0 Å². The molecule has 0 aromatic heterocycles. The number of likely N-dealkylation sites (tertiary alicyclic amines) is 3. The van der Waals surface area contributed by atoms with Gasteiger partial charge in [-0.3, -0.25) is 14.6 Å². The van der Waals surface area contributed by atoms with E-state index in [1.165, 1.54) is 64.6 Å². The van der Waals surface area contributed by atoms with E-state index in [0.717, 1.165) is 32.1 Å². The van der Waals surface area contributed by atoms with E-state index in [1.807, 2.05) is 0 Å². The van der Waals surface area contributed by atoms with Crippen molar-refractivity contribution in [3.63, 3.8) is 0 Å². The molecule has 0 saturated carbocycles. The molecule has 0 bridgehead atoms. The highest BCUT2D eigenvalue weighted by Crippen LogP contribution is 2.20. The Labute approximate surface area is 147 Å². The first kappa shape index (κ1) is 18.2. The maximum Gasteiger partial charge on any atom is 0.234 e. The molecule has 3 saturated heterocycles. The first-order chi connectivity index (χ1) is 11.7. The Morgan fingerprint density at radius 3 is 2.33 bits per heavy atom. The topological polar surface area (TPSA) is 38.8 Å². The lowest BCUT2D eigenvalue weighted by molar-refractivity contribution is -0.123. The van der Waals surface area contributed by atoms with Crippen molar-refractivity contribution >= 4 is 5.91 Å². The van der Waals surface area contributed by atoms with Crippen LogP contribution in [0.5, 0.6) is 0 Å². The molecule has 3 heterocycles. The predicted molar refractivity (Wildman–Crippen MR) is 98.2 cm³/mol. The third kappa shape index (κ3) is 5.43. The second-order valence-electron chi connectivity index (χ2n) is 8.13. The second kappa shape index (κ2) is 9.16. The summed E-state index contributed by atoms with van der Waals surface area (Å²) < 4.78 is 0. The zero-order valence-electron chi connectivity index (χ0n) is 15.5. The van der Waals surface area contributed by atoms with Crippen LogP contribution >= 0.6 is 0 Å². The summed E-state index contributed by atoms with van der Waals surface area (Å²) in [5, 5.41) is 3.33. The Balaban J connectivity index is 1.42. The van der Waals surface area contributed by atoms with Gasteiger partial charge in [0, 0.05) is 18.6 Å². The third-order valence-electron chi connectivity index (χ3n) is 6.09. The van der Waals surface area contributed by atoms with Crippen molar-refractivity contribution in [2.45, 2.75) is 63.5 Å². The van der Waals surface area contributed by atoms with Crippen molar-refractivity contribution in [2.75, 3.05) is 52.9 Å². The Bertz CT molecular complexity index is 387. The van der Waals surface area contributed by atoms with E-state index in [-0.39, 0.29) is 5.91 Å². The number of hydrogen-bond acceptors (Lipinski definition) is 4. The van der Waals surface area contributed by atoms with Gasteiger partial charge in [-0.15, -0.1) is 0 Å². The van der Waals surface area contributed by atoms with Crippen LogP contribution in [0.1, 0.15) is 51.4 Å². The second-order valence-corrected chi connectivity index (χ2v) is 8.13. The first-order valence-corrected chi connectivity index (χ1v) is 10.1. The van der Waals surface area contributed by atoms with Gasteiger partial charge in [0.05, 0.1) is 6.54 Å². The Hall–Kier alpha value is -0.650. The number of nitrogens with zero attached hydrogens (tertiary/aromatic N) is 3. The van der Waals surface area contributed by atoms with Crippen LogP contribution in [0.25, 0.3) is 0 Å². The average molecular weight is 337 g/mol. The van der Waals surface area contributed by atoms with Gasteiger partial charge in [-0.05, 0) is 78.3 Å². The molecule has 0 aromatic rings. The molecular weight excluding hydrogens is 300 g/mol. The molecule has 0 aliphatic carbocycles. The van der Waals surface area contributed by atoms with E-state index in [1.54, 1.807) is 0 Å². The molecular formula is C19H36N4O. The molecule has 1 N–H and O–H groups in total. The summed E-state index contributed by atoms with van der Waals surface area (Å²) in [4.78, 5) is 19.9. The van der Waals surface area contributed by atoms with E-state index >= 15 is 0 Å². The largest absolute Gasteiger partial charge is 0.351 e. The molecule has 0 spiro atoms. The summed E-state index contributed by atoms with van der Waals surface area (Å²) in [5.74, 6) is 0.243. The average Bonchev–Trinajstić information content (AvgIpc) is 2.84. The molecule has 3 aliphatic rings. The Morgan fingerprint density at radius 2 is 1.62 bits per heavy atom. The van der Waals surface area contributed by atoms with Gasteiger partial charge < -0.3 is 10.2 Å². The van der Waals surface area contributed by atoms with Crippen molar-refractivity contribution < 1.29 is 4.79 Å². The van der Waals surface area contributed by atoms with E-state index in [9.17, 15) is 4.79 Å². The minimum atomic E-state index is 0.243. The standard InChI is InChI=1S/C19H36N4O/c1-21-13-8-18(9-14-21)23-12-6-7-17(15-23)20-19(24)16-22-10-4-2-3-5-11-22/h17-18H,2-16H2,1H3,(H,20,24). The maximum atomic E-state index is 12.4. The maximum absolute atomic E-state index is 12.4. The Morgan fingerprint density at radius 1 is 0.917 bits per heavy atom. The zero-order chi connectivity index (χ0) is 16.8. The van der Waals surface area contributed by atoms with Crippen LogP contribution in [0, 0.1) is 0 Å². The van der Waals surface area contributed by atoms with Gasteiger partial charge in [0.15, 0.2) is 0 Å². The summed E-state index contributed by atoms with van der Waals surface area (Å²) >= 11 is 0. The molecule has 1 amide bonds. The van der Waals surface area contributed by atoms with E-state index < -0.39 is 0 Å². The normalized spacial score (nSPS) is 29.3. The molecule has 3 rings (SSSR count). The highest BCUT2D eigenvalue weighted by Gasteiger charge is 2.28. The van der Waals surface area contributed by atoms with Crippen LogP contribution in [0.15, 0.2) is 0 Å². The van der Waals surface area contributed by atoms with E-state index in [0.29, 0.717) is 12.6 Å². The van der Waals surface area contributed by atoms with E-state index in [2.05, 4.69) is 27.1 Å². The van der Waals surface area contributed by atoms with Crippen LogP contribution in [0.3, 0.4) is 0 Å². The zero-order valence-corrected chi connectivity index (χ0v) is 15.5. The summed E-state index contributed by atoms with van der Waals surface area (Å²) in [5.41, 5.74) is 0. The molecule has 24 heavy (non-hydrogen) atoms. The van der Waals surface area contributed by atoms with E-state index in [4.69, 9.17) is 0 Å². The summed E-state index contributed by atoms with van der Waals surface area (Å²) in [7, 11) is 2.22. The van der Waals surface area contributed by atoms with Crippen molar-refractivity contribution in [1.82, 2.24) is 20.0 Å². The molecule has 138 valence electrons. The van der Waals surface area contributed by atoms with Gasteiger partial charge in [-0.2, -0.15) is 0 Å². The SMILES string of the molecule is CN1CCC(N2CCCC(NC(=O)CN3CCCCCC3)C2)CC1. The number of nitrogens with one attached hydrogen (secondary N) is 1. The molecule has 3 fully saturated rings. The van der Waals surface area contributed by atoms with Gasteiger partial charge in [0.1, 0.15) is 0 Å². The lowest BCUT2D eigenvalue weighted by atomic mass is 9.98. The first-order valence-electron chi connectivity index (χ1n) is 10.1. The lowest BCUT2D eigenvalue weighted by Crippen LogP contribution is -2.54. The van der Waals surface area contributed by atoms with Gasteiger partial charge in [-0.1, -0.05) is 12.8 Å². The number of piperidine rings is 2. The fraction of sp³-hybridized carbons (Fsp3) is 0.947. The number of hydrogen-bond donors (Lipinski definition) is 1. The van der Waals surface area contributed by atoms with Crippen LogP contribution in [0.2, 0.25) is 0 Å². The molecule has 1 unspecified atom stereocenters. The van der Waals surface area contributed by atoms with Crippen LogP contribution < -0.4 is 5.32 Å². The monoisotopic (exact) mass is 336 g/mol. The van der Waals surface area contributed by atoms with Gasteiger partial charge in [0.25, 0.3) is 0 Å². The summed E-state index contributed by atoms with van der Waals surface area (Å²) in [6, 6.07) is 1.09. The fourth-order valence-electron chi connectivity index (χ4n) is 4.59. The molecule has 0 radical (unpaired) electrons. The summed E-state index contributed by atoms with van der Waals surface area (Å²) in [6.45, 7) is 7.50. The minimum Gasteiger partial charge on any atom is -0.351 e. The predicted octanol–water partition coefficient (Wildman–Crippen LogP) is 1.54. The van der Waals surface area contributed by atoms with Crippen molar-refractivity contribution in [2.24, 2.45) is 0 Å². The highest BCUT2D eigenvalue weighted by molar-refractivity contribution is 5.78.